The van der Waals surface area contributed by atoms with Crippen molar-refractivity contribution in [3.63, 3.8) is 0 Å². The zero-order valence-electron chi connectivity index (χ0n) is 17.2. The Kier molecular flexibility index (Phi) is 5.20. The average Bonchev–Trinajstić information content (AvgIpc) is 3.32. The van der Waals surface area contributed by atoms with Crippen LogP contribution in [0.3, 0.4) is 0 Å². The number of rotatable bonds is 3. The smallest absolute Gasteiger partial charge is 0.434 e. The van der Waals surface area contributed by atoms with Crippen LogP contribution in [0.25, 0.3) is 11.3 Å². The quantitative estimate of drug-likeness (QED) is 0.677. The third-order valence-corrected chi connectivity index (χ3v) is 5.95. The fraction of sp³-hybridized carbons (Fsp3) is 0.526. The monoisotopic (exact) mass is 467 g/mol. The summed E-state index contributed by atoms with van der Waals surface area (Å²) in [6, 6.07) is -0.552. The molecule has 33 heavy (non-hydrogen) atoms. The minimum Gasteiger partial charge on any atom is -0.441 e. The van der Waals surface area contributed by atoms with Crippen molar-refractivity contribution in [3.05, 3.63) is 18.2 Å². The van der Waals surface area contributed by atoms with E-state index in [2.05, 4.69) is 19.9 Å². The molecule has 0 unspecified atom stereocenters. The number of ether oxygens (including phenoxy) is 2. The maximum absolute atomic E-state index is 13.7. The van der Waals surface area contributed by atoms with Gasteiger partial charge in [-0.15, -0.1) is 0 Å². The van der Waals surface area contributed by atoms with Crippen LogP contribution in [0.2, 0.25) is 0 Å². The van der Waals surface area contributed by atoms with Gasteiger partial charge in [-0.05, 0) is 12.8 Å². The molecule has 2 aromatic rings. The Morgan fingerprint density at radius 2 is 1.94 bits per heavy atom. The number of nitrogens with zero attached hydrogens (tertiary/aromatic N) is 6. The van der Waals surface area contributed by atoms with Crippen molar-refractivity contribution in [1.82, 2.24) is 19.9 Å². The van der Waals surface area contributed by atoms with Gasteiger partial charge in [-0.25, -0.2) is 19.7 Å². The van der Waals surface area contributed by atoms with E-state index >= 15 is 0 Å². The first-order chi connectivity index (χ1) is 15.8. The molecule has 0 bridgehead atoms. The zero-order valence-corrected chi connectivity index (χ0v) is 17.2. The summed E-state index contributed by atoms with van der Waals surface area (Å²) in [4.78, 5) is 31.5. The number of aromatic nitrogens is 4. The number of alkyl halides is 3. The lowest BCUT2D eigenvalue weighted by atomic mass is 10.1. The van der Waals surface area contributed by atoms with Crippen molar-refractivity contribution in [1.29, 1.82) is 0 Å². The highest BCUT2D eigenvalue weighted by molar-refractivity contribution is 5.96. The number of morpholine rings is 1. The maximum Gasteiger partial charge on any atom is 0.434 e. The molecule has 4 heterocycles. The van der Waals surface area contributed by atoms with Gasteiger partial charge in [0.1, 0.15) is 17.7 Å². The largest absolute Gasteiger partial charge is 0.441 e. The molecule has 1 amide bonds. The van der Waals surface area contributed by atoms with Crippen LogP contribution >= 0.6 is 0 Å². The topological polar surface area (TPSA) is 140 Å². The summed E-state index contributed by atoms with van der Waals surface area (Å²) in [5.41, 5.74) is 4.15. The van der Waals surface area contributed by atoms with Crippen LogP contribution in [0.4, 0.5) is 35.4 Å². The van der Waals surface area contributed by atoms with E-state index < -0.39 is 41.8 Å². The van der Waals surface area contributed by atoms with Crippen LogP contribution in [0.15, 0.2) is 12.5 Å². The third-order valence-electron chi connectivity index (χ3n) is 5.95. The zero-order chi connectivity index (χ0) is 23.3. The normalized spacial score (nSPS) is 25.3. The molecule has 1 saturated carbocycles. The molecule has 5 rings (SSSR count). The number of carbonyl (C=O) groups excluding carboxylic acids is 1. The van der Waals surface area contributed by atoms with Crippen LogP contribution in [0, 0.1) is 0 Å². The molecule has 2 aliphatic heterocycles. The molecule has 0 aromatic carbocycles. The fourth-order valence-corrected chi connectivity index (χ4v) is 4.38. The molecular formula is C19H20F3N7O4. The summed E-state index contributed by atoms with van der Waals surface area (Å²) < 4.78 is 51.7. The van der Waals surface area contributed by atoms with Gasteiger partial charge in [-0.1, -0.05) is 0 Å². The lowest BCUT2D eigenvalue weighted by Crippen LogP contribution is -2.39. The van der Waals surface area contributed by atoms with Gasteiger partial charge in [-0.3, -0.25) is 4.90 Å². The van der Waals surface area contributed by atoms with Crippen molar-refractivity contribution in [3.8, 4) is 11.3 Å². The molecule has 2 saturated heterocycles. The molecule has 0 spiro atoms. The van der Waals surface area contributed by atoms with Crippen molar-refractivity contribution < 1.29 is 32.5 Å². The molecule has 11 nitrogen and oxygen atoms in total. The second-order valence-corrected chi connectivity index (χ2v) is 7.92. The lowest BCUT2D eigenvalue weighted by Gasteiger charge is -2.29. The summed E-state index contributed by atoms with van der Waals surface area (Å²) in [6.45, 7) is 1.55. The molecule has 3 N–H and O–H groups in total. The highest BCUT2D eigenvalue weighted by atomic mass is 19.4. The first-order valence-electron chi connectivity index (χ1n) is 10.3. The van der Waals surface area contributed by atoms with Crippen LogP contribution in [-0.4, -0.2) is 75.7 Å². The van der Waals surface area contributed by atoms with Crippen LogP contribution in [0.5, 0.6) is 0 Å². The lowest BCUT2D eigenvalue weighted by molar-refractivity contribution is -0.140. The van der Waals surface area contributed by atoms with Crippen molar-refractivity contribution in [2.45, 2.75) is 37.3 Å². The Hall–Kier alpha value is -3.26. The third kappa shape index (κ3) is 3.68. The van der Waals surface area contributed by atoms with Gasteiger partial charge < -0.3 is 25.2 Å². The summed E-state index contributed by atoms with van der Waals surface area (Å²) >= 11 is 0. The number of carbonyl (C=O) groups is 1. The number of hydrogen-bond acceptors (Lipinski definition) is 10. The number of nitrogen functional groups attached to an aromatic ring is 1. The summed E-state index contributed by atoms with van der Waals surface area (Å²) in [6.07, 6.45) is -4.60. The van der Waals surface area contributed by atoms with Gasteiger partial charge in [0.15, 0.2) is 17.6 Å². The Balaban J connectivity index is 1.69. The predicted molar refractivity (Wildman–Crippen MR) is 107 cm³/mol. The van der Waals surface area contributed by atoms with Crippen molar-refractivity contribution in [2.24, 2.45) is 0 Å². The van der Waals surface area contributed by atoms with E-state index in [0.717, 1.165) is 12.5 Å². The summed E-state index contributed by atoms with van der Waals surface area (Å²) in [5, 5.41) is 10.1. The Bertz CT molecular complexity index is 1080. The second-order valence-electron chi connectivity index (χ2n) is 7.92. The summed E-state index contributed by atoms with van der Waals surface area (Å²) in [5.74, 6) is 0.00865. The highest BCUT2D eigenvalue weighted by Gasteiger charge is 2.51. The number of fused-ring (bicyclic) bond motifs is 1. The minimum absolute atomic E-state index is 0.0786. The number of halogens is 3. The van der Waals surface area contributed by atoms with E-state index in [-0.39, 0.29) is 23.1 Å². The number of aliphatic hydroxyl groups is 1. The van der Waals surface area contributed by atoms with E-state index in [1.165, 1.54) is 4.90 Å². The average molecular weight is 467 g/mol. The number of anilines is 3. The fourth-order valence-electron chi connectivity index (χ4n) is 4.38. The minimum atomic E-state index is -4.79. The molecule has 176 valence electrons. The number of nitrogens with two attached hydrogens (primary N) is 1. The molecule has 3 fully saturated rings. The van der Waals surface area contributed by atoms with E-state index in [4.69, 9.17) is 15.2 Å². The number of aliphatic hydroxyl groups excluding tert-OH is 1. The van der Waals surface area contributed by atoms with E-state index in [9.17, 15) is 23.1 Å². The van der Waals surface area contributed by atoms with Gasteiger partial charge in [0, 0.05) is 19.3 Å². The van der Waals surface area contributed by atoms with E-state index in [0.29, 0.717) is 39.1 Å². The molecule has 1 aliphatic carbocycles. The molecule has 14 heteroatoms. The summed E-state index contributed by atoms with van der Waals surface area (Å²) in [7, 11) is 0. The maximum atomic E-state index is 13.7. The Labute approximate surface area is 185 Å². The highest BCUT2D eigenvalue weighted by Crippen LogP contribution is 2.43. The molecule has 3 aliphatic rings. The first-order valence-corrected chi connectivity index (χ1v) is 10.3. The predicted octanol–water partition coefficient (Wildman–Crippen LogP) is 1.22. The first kappa shape index (κ1) is 21.6. The van der Waals surface area contributed by atoms with Crippen molar-refractivity contribution >= 4 is 23.5 Å². The Morgan fingerprint density at radius 3 is 2.67 bits per heavy atom. The van der Waals surface area contributed by atoms with Gasteiger partial charge in [0.25, 0.3) is 0 Å². The molecule has 2 aromatic heterocycles. The van der Waals surface area contributed by atoms with Crippen LogP contribution < -0.4 is 15.5 Å². The van der Waals surface area contributed by atoms with Crippen LogP contribution in [-0.2, 0) is 15.7 Å². The van der Waals surface area contributed by atoms with Gasteiger partial charge >= 0.3 is 12.3 Å². The standard InChI is InChI=1S/C19H20F3N7O4/c20-19(21,22)15-9(7-24-8-25-15)13-12(23)16(27-17(26-13)28-3-5-32-6-4-28)29-10-1-2-11(30)14(10)33-18(29)31/h7-8,10-11,14,30H,1-6,23H2/t10-,11-,14-/m0/s1. The molecular weight excluding hydrogens is 447 g/mol. The van der Waals surface area contributed by atoms with Gasteiger partial charge in [-0.2, -0.15) is 18.2 Å². The molecule has 0 radical (unpaired) electrons. The van der Waals surface area contributed by atoms with E-state index in [1.54, 1.807) is 4.90 Å². The van der Waals surface area contributed by atoms with E-state index in [1.807, 2.05) is 0 Å². The molecule has 3 atom stereocenters. The van der Waals surface area contributed by atoms with Gasteiger partial charge in [0.05, 0.1) is 30.9 Å². The number of amides is 1. The second kappa shape index (κ2) is 7.95. The van der Waals surface area contributed by atoms with Crippen molar-refractivity contribution in [2.75, 3.05) is 41.8 Å². The SMILES string of the molecule is Nc1c(-c2cncnc2C(F)(F)F)nc(N2CCOCC2)nc1N1C(=O)O[C@@H]2[C@@H](O)CC[C@@H]21. The van der Waals surface area contributed by atoms with Crippen LogP contribution in [0.1, 0.15) is 18.5 Å². The number of hydrogen-bond donors (Lipinski definition) is 2. The Morgan fingerprint density at radius 1 is 1.18 bits per heavy atom. The van der Waals surface area contributed by atoms with Gasteiger partial charge in [0.2, 0.25) is 5.95 Å².